The minimum absolute atomic E-state index is 0. The zero-order chi connectivity index (χ0) is 12.4. The van der Waals surface area contributed by atoms with Crippen LogP contribution < -0.4 is 5.73 Å². The van der Waals surface area contributed by atoms with Crippen LogP contribution in [0.4, 0.5) is 0 Å². The third-order valence-corrected chi connectivity index (χ3v) is 4.56. The molecule has 2 atom stereocenters. The summed E-state index contributed by atoms with van der Waals surface area (Å²) in [5, 5.41) is 0. The number of hydrogen-bond acceptors (Lipinski definition) is 2. The van der Waals surface area contributed by atoms with Crippen LogP contribution in [0, 0.1) is 11.8 Å². The Morgan fingerprint density at radius 2 is 1.83 bits per heavy atom. The van der Waals surface area contributed by atoms with E-state index in [1.54, 1.807) is 0 Å². The molecule has 2 rings (SSSR count). The van der Waals surface area contributed by atoms with Crippen molar-refractivity contribution in [3.63, 3.8) is 0 Å². The second-order valence-corrected chi connectivity index (χ2v) is 5.96. The van der Waals surface area contributed by atoms with Gasteiger partial charge in [0.1, 0.15) is 0 Å². The van der Waals surface area contributed by atoms with E-state index < -0.39 is 0 Å². The van der Waals surface area contributed by atoms with Gasteiger partial charge in [0.15, 0.2) is 0 Å². The summed E-state index contributed by atoms with van der Waals surface area (Å²) in [4.78, 5) is 14.8. The van der Waals surface area contributed by atoms with Crippen LogP contribution in [0.2, 0.25) is 0 Å². The first-order valence-electron chi connectivity index (χ1n) is 7.17. The fourth-order valence-corrected chi connectivity index (χ4v) is 3.36. The molecule has 1 amide bonds. The molecule has 0 spiro atoms. The van der Waals surface area contributed by atoms with E-state index in [0.29, 0.717) is 30.5 Å². The van der Waals surface area contributed by atoms with Crippen molar-refractivity contribution < 1.29 is 4.79 Å². The molecule has 18 heavy (non-hydrogen) atoms. The Morgan fingerprint density at radius 1 is 1.22 bits per heavy atom. The SMILES string of the molecule is CC(C)N(C(=O)[C@@H]1CCC[C@@H]1CN)C1CCC1.Cl. The maximum atomic E-state index is 12.7. The molecule has 0 aliphatic heterocycles. The van der Waals surface area contributed by atoms with Crippen LogP contribution >= 0.6 is 12.4 Å². The summed E-state index contributed by atoms with van der Waals surface area (Å²) in [7, 11) is 0. The molecule has 2 saturated carbocycles. The van der Waals surface area contributed by atoms with Gasteiger partial charge in [-0.15, -0.1) is 12.4 Å². The van der Waals surface area contributed by atoms with Crippen molar-refractivity contribution in [3.8, 4) is 0 Å². The van der Waals surface area contributed by atoms with Crippen LogP contribution in [0.3, 0.4) is 0 Å². The van der Waals surface area contributed by atoms with Crippen molar-refractivity contribution in [1.29, 1.82) is 0 Å². The first kappa shape index (κ1) is 15.8. The summed E-state index contributed by atoms with van der Waals surface area (Å²) in [5.74, 6) is 1.03. The monoisotopic (exact) mass is 274 g/mol. The highest BCUT2D eigenvalue weighted by molar-refractivity contribution is 5.85. The van der Waals surface area contributed by atoms with Gasteiger partial charge in [-0.25, -0.2) is 0 Å². The molecule has 0 aromatic rings. The number of nitrogens with zero attached hydrogens (tertiary/aromatic N) is 1. The molecule has 0 radical (unpaired) electrons. The van der Waals surface area contributed by atoms with Crippen LogP contribution in [-0.4, -0.2) is 29.4 Å². The summed E-state index contributed by atoms with van der Waals surface area (Å²) in [6.45, 7) is 4.96. The van der Waals surface area contributed by atoms with E-state index in [1.807, 2.05) is 0 Å². The van der Waals surface area contributed by atoms with Gasteiger partial charge in [-0.3, -0.25) is 4.79 Å². The van der Waals surface area contributed by atoms with E-state index in [0.717, 1.165) is 12.8 Å². The van der Waals surface area contributed by atoms with Crippen LogP contribution in [-0.2, 0) is 4.79 Å². The average Bonchev–Trinajstić information content (AvgIpc) is 2.69. The van der Waals surface area contributed by atoms with Gasteiger partial charge in [0.2, 0.25) is 5.91 Å². The Hall–Kier alpha value is -0.280. The molecule has 0 aromatic heterocycles. The summed E-state index contributed by atoms with van der Waals surface area (Å²) in [6.07, 6.45) is 7.05. The highest BCUT2D eigenvalue weighted by Crippen LogP contribution is 2.35. The molecule has 2 fully saturated rings. The highest BCUT2D eigenvalue weighted by atomic mass is 35.5. The Bertz CT molecular complexity index is 279. The normalized spacial score (nSPS) is 27.8. The number of carbonyl (C=O) groups excluding carboxylic acids is 1. The molecular weight excluding hydrogens is 248 g/mol. The van der Waals surface area contributed by atoms with Gasteiger partial charge in [0.25, 0.3) is 0 Å². The third-order valence-electron chi connectivity index (χ3n) is 4.56. The van der Waals surface area contributed by atoms with Crippen LogP contribution in [0.25, 0.3) is 0 Å². The van der Waals surface area contributed by atoms with Gasteiger partial charge < -0.3 is 10.6 Å². The Morgan fingerprint density at radius 3 is 2.28 bits per heavy atom. The second kappa shape index (κ2) is 6.76. The molecule has 0 saturated heterocycles. The molecule has 3 nitrogen and oxygen atoms in total. The standard InChI is InChI=1S/C14H26N2O.ClH/c1-10(2)16(12-6-4-7-12)14(17)13-8-3-5-11(13)9-15;/h10-13H,3-9,15H2,1-2H3;1H/t11-,13-;/m1./s1. The van der Waals surface area contributed by atoms with Crippen molar-refractivity contribution in [1.82, 2.24) is 4.90 Å². The van der Waals surface area contributed by atoms with Crippen molar-refractivity contribution in [3.05, 3.63) is 0 Å². The van der Waals surface area contributed by atoms with Gasteiger partial charge in [0, 0.05) is 18.0 Å². The topological polar surface area (TPSA) is 46.3 Å². The van der Waals surface area contributed by atoms with Gasteiger partial charge in [-0.1, -0.05) is 6.42 Å². The molecule has 2 N–H and O–H groups in total. The lowest BCUT2D eigenvalue weighted by Gasteiger charge is -2.42. The van der Waals surface area contributed by atoms with Gasteiger partial charge in [-0.2, -0.15) is 0 Å². The van der Waals surface area contributed by atoms with Crippen molar-refractivity contribution in [2.24, 2.45) is 17.6 Å². The number of amides is 1. The van der Waals surface area contributed by atoms with Gasteiger partial charge in [0.05, 0.1) is 0 Å². The lowest BCUT2D eigenvalue weighted by molar-refractivity contribution is -0.143. The van der Waals surface area contributed by atoms with Gasteiger partial charge >= 0.3 is 0 Å². The highest BCUT2D eigenvalue weighted by Gasteiger charge is 2.39. The largest absolute Gasteiger partial charge is 0.337 e. The maximum Gasteiger partial charge on any atom is 0.226 e. The summed E-state index contributed by atoms with van der Waals surface area (Å²) >= 11 is 0. The van der Waals surface area contributed by atoms with Crippen LogP contribution in [0.5, 0.6) is 0 Å². The second-order valence-electron chi connectivity index (χ2n) is 5.96. The first-order chi connectivity index (χ1) is 8.15. The first-order valence-corrected chi connectivity index (χ1v) is 7.17. The molecule has 106 valence electrons. The van der Waals surface area contributed by atoms with Crippen molar-refractivity contribution in [2.45, 2.75) is 64.5 Å². The summed E-state index contributed by atoms with van der Waals surface area (Å²) < 4.78 is 0. The van der Waals surface area contributed by atoms with Crippen LogP contribution in [0.1, 0.15) is 52.4 Å². The quantitative estimate of drug-likeness (QED) is 0.856. The fraction of sp³-hybridized carbons (Fsp3) is 0.929. The lowest BCUT2D eigenvalue weighted by Crippen LogP contribution is -2.51. The number of rotatable bonds is 4. The van der Waals surface area contributed by atoms with E-state index in [2.05, 4.69) is 18.7 Å². The summed E-state index contributed by atoms with van der Waals surface area (Å²) in [6, 6.07) is 0.855. The molecule has 2 aliphatic rings. The number of carbonyl (C=O) groups is 1. The molecule has 0 heterocycles. The van der Waals surface area contributed by atoms with E-state index >= 15 is 0 Å². The Labute approximate surface area is 117 Å². The zero-order valence-corrected chi connectivity index (χ0v) is 12.4. The number of nitrogens with two attached hydrogens (primary N) is 1. The smallest absolute Gasteiger partial charge is 0.226 e. The number of hydrogen-bond donors (Lipinski definition) is 1. The minimum atomic E-state index is 0. The van der Waals surface area contributed by atoms with Crippen molar-refractivity contribution >= 4 is 18.3 Å². The summed E-state index contributed by atoms with van der Waals surface area (Å²) in [5.41, 5.74) is 5.79. The predicted molar refractivity (Wildman–Crippen MR) is 76.8 cm³/mol. The van der Waals surface area contributed by atoms with Crippen molar-refractivity contribution in [2.75, 3.05) is 6.54 Å². The van der Waals surface area contributed by atoms with E-state index in [-0.39, 0.29) is 18.3 Å². The van der Waals surface area contributed by atoms with E-state index in [9.17, 15) is 4.79 Å². The minimum Gasteiger partial charge on any atom is -0.337 e. The van der Waals surface area contributed by atoms with Gasteiger partial charge in [-0.05, 0) is 58.4 Å². The Balaban J connectivity index is 0.00000162. The molecule has 4 heteroatoms. The predicted octanol–water partition coefficient (Wildman–Crippen LogP) is 2.57. The molecule has 0 bridgehead atoms. The average molecular weight is 275 g/mol. The third kappa shape index (κ3) is 3.00. The molecule has 0 unspecified atom stereocenters. The maximum absolute atomic E-state index is 12.7. The lowest BCUT2D eigenvalue weighted by atomic mass is 9.87. The molecule has 2 aliphatic carbocycles. The fourth-order valence-electron chi connectivity index (χ4n) is 3.36. The Kier molecular flexibility index (Phi) is 5.93. The number of halogens is 1. The molecule has 0 aromatic carbocycles. The molecular formula is C14H27ClN2O. The van der Waals surface area contributed by atoms with Crippen LogP contribution in [0.15, 0.2) is 0 Å². The zero-order valence-electron chi connectivity index (χ0n) is 11.6. The van der Waals surface area contributed by atoms with E-state index in [1.165, 1.54) is 25.7 Å². The van der Waals surface area contributed by atoms with E-state index in [4.69, 9.17) is 5.73 Å².